The van der Waals surface area contributed by atoms with Crippen molar-refractivity contribution in [1.82, 2.24) is 4.90 Å². The smallest absolute Gasteiger partial charge is 0.307 e. The van der Waals surface area contributed by atoms with Gasteiger partial charge in [0.05, 0.1) is 13.5 Å². The molecule has 1 saturated heterocycles. The fraction of sp³-hybridized carbons (Fsp3) is 0.909. The van der Waals surface area contributed by atoms with E-state index in [-0.39, 0.29) is 5.97 Å². The summed E-state index contributed by atoms with van der Waals surface area (Å²) in [6.07, 6.45) is 4.00. The lowest BCUT2D eigenvalue weighted by atomic mass is 9.97. The highest BCUT2D eigenvalue weighted by Gasteiger charge is 2.27. The molecule has 1 rings (SSSR count). The summed E-state index contributed by atoms with van der Waals surface area (Å²) in [5.41, 5.74) is 5.67. The average molecular weight is 214 g/mol. The van der Waals surface area contributed by atoms with Crippen LogP contribution in [0.25, 0.3) is 0 Å². The molecule has 0 radical (unpaired) electrons. The molecule has 2 atom stereocenters. The molecular formula is C11H22N2O2. The van der Waals surface area contributed by atoms with Crippen LogP contribution in [0.2, 0.25) is 0 Å². The van der Waals surface area contributed by atoms with Gasteiger partial charge in [-0.15, -0.1) is 0 Å². The number of piperidine rings is 1. The zero-order valence-electron chi connectivity index (χ0n) is 9.74. The van der Waals surface area contributed by atoms with E-state index in [1.54, 1.807) is 0 Å². The van der Waals surface area contributed by atoms with Crippen LogP contribution in [-0.2, 0) is 9.53 Å². The Kier molecular flexibility index (Phi) is 5.05. The molecule has 0 aliphatic carbocycles. The Morgan fingerprint density at radius 1 is 1.60 bits per heavy atom. The van der Waals surface area contributed by atoms with E-state index >= 15 is 0 Å². The number of hydrogen-bond acceptors (Lipinski definition) is 4. The Labute approximate surface area is 91.8 Å². The van der Waals surface area contributed by atoms with E-state index in [1.165, 1.54) is 20.0 Å². The van der Waals surface area contributed by atoms with Crippen molar-refractivity contribution in [1.29, 1.82) is 0 Å². The molecule has 1 heterocycles. The predicted molar refractivity (Wildman–Crippen MR) is 59.5 cm³/mol. The Bertz CT molecular complexity index is 209. The van der Waals surface area contributed by atoms with Gasteiger partial charge in [-0.1, -0.05) is 6.42 Å². The predicted octanol–water partition coefficient (Wildman–Crippen LogP) is 0.751. The van der Waals surface area contributed by atoms with Gasteiger partial charge < -0.3 is 10.5 Å². The third-order valence-electron chi connectivity index (χ3n) is 3.21. The molecule has 4 heteroatoms. The van der Waals surface area contributed by atoms with Gasteiger partial charge in [0.15, 0.2) is 0 Å². The number of esters is 1. The van der Waals surface area contributed by atoms with Crippen LogP contribution in [0.15, 0.2) is 0 Å². The summed E-state index contributed by atoms with van der Waals surface area (Å²) in [4.78, 5) is 13.6. The molecule has 0 saturated carbocycles. The zero-order valence-corrected chi connectivity index (χ0v) is 9.74. The van der Waals surface area contributed by atoms with Gasteiger partial charge >= 0.3 is 5.97 Å². The molecule has 0 aromatic heterocycles. The molecule has 0 aromatic carbocycles. The molecular weight excluding hydrogens is 192 g/mol. The largest absolute Gasteiger partial charge is 0.469 e. The molecule has 0 amide bonds. The van der Waals surface area contributed by atoms with Crippen LogP contribution in [0.5, 0.6) is 0 Å². The Morgan fingerprint density at radius 3 is 2.93 bits per heavy atom. The van der Waals surface area contributed by atoms with Gasteiger partial charge in [0.1, 0.15) is 0 Å². The molecule has 1 aliphatic rings. The second-order valence-corrected chi connectivity index (χ2v) is 4.25. The first kappa shape index (κ1) is 12.5. The molecule has 0 aromatic rings. The fourth-order valence-electron chi connectivity index (χ4n) is 2.23. The maximum Gasteiger partial charge on any atom is 0.307 e. The summed E-state index contributed by atoms with van der Waals surface area (Å²) in [6.45, 7) is 3.83. The van der Waals surface area contributed by atoms with Gasteiger partial charge in [-0.05, 0) is 26.3 Å². The molecule has 4 nitrogen and oxygen atoms in total. The zero-order chi connectivity index (χ0) is 11.3. The highest BCUT2D eigenvalue weighted by molar-refractivity contribution is 5.69. The SMILES string of the molecule is COC(=O)CC1CCCCN1C(C)CN. The lowest BCUT2D eigenvalue weighted by Gasteiger charge is -2.39. The third kappa shape index (κ3) is 3.47. The average Bonchev–Trinajstić information content (AvgIpc) is 2.28. The lowest BCUT2D eigenvalue weighted by molar-refractivity contribution is -0.142. The summed E-state index contributed by atoms with van der Waals surface area (Å²) in [5, 5.41) is 0. The van der Waals surface area contributed by atoms with Crippen LogP contribution >= 0.6 is 0 Å². The molecule has 1 aliphatic heterocycles. The van der Waals surface area contributed by atoms with Gasteiger partial charge in [-0.3, -0.25) is 9.69 Å². The van der Waals surface area contributed by atoms with Crippen molar-refractivity contribution in [2.45, 2.75) is 44.7 Å². The number of likely N-dealkylation sites (tertiary alicyclic amines) is 1. The molecule has 2 unspecified atom stereocenters. The Balaban J connectivity index is 2.53. The van der Waals surface area contributed by atoms with Gasteiger partial charge in [0.25, 0.3) is 0 Å². The maximum atomic E-state index is 11.3. The van der Waals surface area contributed by atoms with Crippen molar-refractivity contribution in [3.63, 3.8) is 0 Å². The Morgan fingerprint density at radius 2 is 2.33 bits per heavy atom. The summed E-state index contributed by atoms with van der Waals surface area (Å²) in [6, 6.07) is 0.685. The number of carbonyl (C=O) groups is 1. The minimum Gasteiger partial charge on any atom is -0.469 e. The van der Waals surface area contributed by atoms with Gasteiger partial charge in [0.2, 0.25) is 0 Å². The van der Waals surface area contributed by atoms with Crippen LogP contribution in [0.3, 0.4) is 0 Å². The monoisotopic (exact) mass is 214 g/mol. The van der Waals surface area contributed by atoms with Crippen LogP contribution < -0.4 is 5.73 Å². The van der Waals surface area contributed by atoms with Crippen molar-refractivity contribution in [3.05, 3.63) is 0 Å². The van der Waals surface area contributed by atoms with E-state index in [0.29, 0.717) is 25.0 Å². The topological polar surface area (TPSA) is 55.6 Å². The quantitative estimate of drug-likeness (QED) is 0.702. The molecule has 15 heavy (non-hydrogen) atoms. The summed E-state index contributed by atoms with van der Waals surface area (Å²) in [7, 11) is 1.45. The summed E-state index contributed by atoms with van der Waals surface area (Å²) < 4.78 is 4.72. The van der Waals surface area contributed by atoms with Crippen LogP contribution in [-0.4, -0.2) is 43.2 Å². The fourth-order valence-corrected chi connectivity index (χ4v) is 2.23. The van der Waals surface area contributed by atoms with E-state index in [4.69, 9.17) is 10.5 Å². The minimum atomic E-state index is -0.115. The maximum absolute atomic E-state index is 11.3. The number of rotatable bonds is 4. The molecule has 0 spiro atoms. The Hall–Kier alpha value is -0.610. The molecule has 2 N–H and O–H groups in total. The second-order valence-electron chi connectivity index (χ2n) is 4.25. The molecule has 1 fully saturated rings. The van der Waals surface area contributed by atoms with Crippen molar-refractivity contribution < 1.29 is 9.53 Å². The molecule has 88 valence electrons. The number of ether oxygens (including phenoxy) is 1. The van der Waals surface area contributed by atoms with Gasteiger partial charge in [-0.25, -0.2) is 0 Å². The van der Waals surface area contributed by atoms with Crippen molar-refractivity contribution in [2.24, 2.45) is 5.73 Å². The number of nitrogens with zero attached hydrogens (tertiary/aromatic N) is 1. The summed E-state index contributed by atoms with van der Waals surface area (Å²) in [5.74, 6) is -0.115. The first-order valence-corrected chi connectivity index (χ1v) is 5.71. The third-order valence-corrected chi connectivity index (χ3v) is 3.21. The first-order valence-electron chi connectivity index (χ1n) is 5.71. The molecule has 0 bridgehead atoms. The van der Waals surface area contributed by atoms with Crippen LogP contribution in [0.4, 0.5) is 0 Å². The standard InChI is InChI=1S/C11H22N2O2/c1-9(8-12)13-6-4-3-5-10(13)7-11(14)15-2/h9-10H,3-8,12H2,1-2H3. The minimum absolute atomic E-state index is 0.115. The van der Waals surface area contributed by atoms with Crippen LogP contribution in [0, 0.1) is 0 Å². The first-order chi connectivity index (χ1) is 7.19. The highest BCUT2D eigenvalue weighted by Crippen LogP contribution is 2.21. The van der Waals surface area contributed by atoms with Gasteiger partial charge in [0, 0.05) is 18.6 Å². The van der Waals surface area contributed by atoms with E-state index < -0.39 is 0 Å². The van der Waals surface area contributed by atoms with Gasteiger partial charge in [-0.2, -0.15) is 0 Å². The highest BCUT2D eigenvalue weighted by atomic mass is 16.5. The van der Waals surface area contributed by atoms with Crippen LogP contribution in [0.1, 0.15) is 32.6 Å². The number of nitrogens with two attached hydrogens (primary N) is 1. The van der Waals surface area contributed by atoms with E-state index in [2.05, 4.69) is 11.8 Å². The summed E-state index contributed by atoms with van der Waals surface area (Å²) >= 11 is 0. The van der Waals surface area contributed by atoms with E-state index in [1.807, 2.05) is 0 Å². The van der Waals surface area contributed by atoms with Crippen molar-refractivity contribution in [2.75, 3.05) is 20.2 Å². The van der Waals surface area contributed by atoms with Crippen molar-refractivity contribution in [3.8, 4) is 0 Å². The number of hydrogen-bond donors (Lipinski definition) is 1. The number of methoxy groups -OCH3 is 1. The number of carbonyl (C=O) groups excluding carboxylic acids is 1. The van der Waals surface area contributed by atoms with Crippen molar-refractivity contribution >= 4 is 5.97 Å². The second kappa shape index (κ2) is 6.08. The van der Waals surface area contributed by atoms with E-state index in [0.717, 1.165) is 13.0 Å². The van der Waals surface area contributed by atoms with E-state index in [9.17, 15) is 4.79 Å². The lowest BCUT2D eigenvalue weighted by Crippen LogP contribution is -2.48. The normalized spacial score (nSPS) is 24.9.